The largest absolute Gasteiger partial charge is 0.466 e. The van der Waals surface area contributed by atoms with Gasteiger partial charge in [0.15, 0.2) is 0 Å². The lowest BCUT2D eigenvalue weighted by molar-refractivity contribution is -0.167. The average molecular weight is 336 g/mol. The van der Waals surface area contributed by atoms with Crippen molar-refractivity contribution in [3.8, 4) is 0 Å². The van der Waals surface area contributed by atoms with Crippen LogP contribution in [0.25, 0.3) is 0 Å². The van der Waals surface area contributed by atoms with Crippen LogP contribution in [0.4, 0.5) is 0 Å². The molecule has 6 nitrogen and oxygen atoms in total. The quantitative estimate of drug-likeness (QED) is 0.781. The summed E-state index contributed by atoms with van der Waals surface area (Å²) in [5, 5.41) is 0.395. The number of benzene rings is 1. The number of carbonyl (C=O) groups is 2. The second-order valence-corrected chi connectivity index (χ2v) is 5.05. The summed E-state index contributed by atoms with van der Waals surface area (Å²) in [6.45, 7) is -0.312. The molecular formula is C16H14ClNO5. The van der Waals surface area contributed by atoms with Crippen LogP contribution in [-0.4, -0.2) is 23.6 Å². The molecule has 120 valence electrons. The monoisotopic (exact) mass is 335 g/mol. The predicted octanol–water partition coefficient (Wildman–Crippen LogP) is 1.96. The summed E-state index contributed by atoms with van der Waals surface area (Å²) >= 11 is 5.89. The number of esters is 2. The van der Waals surface area contributed by atoms with E-state index in [1.165, 1.54) is 30.0 Å². The molecule has 0 amide bonds. The maximum atomic E-state index is 12.0. The molecule has 2 aromatic rings. The number of carbonyl (C=O) groups excluding carboxylic acids is 2. The fraction of sp³-hybridized carbons (Fsp3) is 0.188. The van der Waals surface area contributed by atoms with Crippen molar-refractivity contribution >= 4 is 23.5 Å². The van der Waals surface area contributed by atoms with E-state index in [1.807, 2.05) is 0 Å². The number of pyridine rings is 1. The zero-order valence-electron chi connectivity index (χ0n) is 12.3. The van der Waals surface area contributed by atoms with Gasteiger partial charge < -0.3 is 14.0 Å². The standard InChI is InChI=1S/C16H14ClNO5/c1-22-16(21)15(11-5-4-6-12(17)9-11)23-14(20)10-18-8-3-2-7-13(18)19/h2-9,15H,10H2,1H3/t15-/m1/s1. The first-order valence-corrected chi connectivity index (χ1v) is 7.07. The van der Waals surface area contributed by atoms with Crippen LogP contribution in [0.2, 0.25) is 5.02 Å². The highest BCUT2D eigenvalue weighted by Crippen LogP contribution is 2.22. The van der Waals surface area contributed by atoms with Crippen LogP contribution < -0.4 is 5.56 Å². The Morgan fingerprint density at radius 3 is 2.65 bits per heavy atom. The van der Waals surface area contributed by atoms with Crippen LogP contribution in [0.1, 0.15) is 11.7 Å². The number of hydrogen-bond donors (Lipinski definition) is 0. The lowest BCUT2D eigenvalue weighted by Crippen LogP contribution is -2.27. The van der Waals surface area contributed by atoms with E-state index >= 15 is 0 Å². The molecule has 0 aliphatic heterocycles. The lowest BCUT2D eigenvalue weighted by atomic mass is 10.1. The van der Waals surface area contributed by atoms with Gasteiger partial charge in [-0.05, 0) is 18.2 Å². The highest BCUT2D eigenvalue weighted by atomic mass is 35.5. The Labute approximate surface area is 137 Å². The van der Waals surface area contributed by atoms with E-state index in [1.54, 1.807) is 30.3 Å². The zero-order chi connectivity index (χ0) is 16.8. The molecule has 1 aromatic carbocycles. The minimum Gasteiger partial charge on any atom is -0.466 e. The molecule has 7 heteroatoms. The first-order chi connectivity index (χ1) is 11.0. The third-order valence-electron chi connectivity index (χ3n) is 3.01. The van der Waals surface area contributed by atoms with Crippen molar-refractivity contribution in [1.29, 1.82) is 0 Å². The first-order valence-electron chi connectivity index (χ1n) is 6.69. The number of hydrogen-bond acceptors (Lipinski definition) is 5. The molecule has 0 fully saturated rings. The second kappa shape index (κ2) is 7.60. The van der Waals surface area contributed by atoms with Gasteiger partial charge in [0.1, 0.15) is 6.54 Å². The lowest BCUT2D eigenvalue weighted by Gasteiger charge is -2.16. The van der Waals surface area contributed by atoms with Gasteiger partial charge in [0.2, 0.25) is 6.10 Å². The maximum absolute atomic E-state index is 12.0. The Balaban J connectivity index is 2.18. The van der Waals surface area contributed by atoms with Gasteiger partial charge in [-0.15, -0.1) is 0 Å². The van der Waals surface area contributed by atoms with E-state index in [0.29, 0.717) is 10.6 Å². The number of rotatable bonds is 5. The summed E-state index contributed by atoms with van der Waals surface area (Å²) < 4.78 is 11.0. The summed E-state index contributed by atoms with van der Waals surface area (Å²) in [5.41, 5.74) is 0.0416. The smallest absolute Gasteiger partial charge is 0.351 e. The van der Waals surface area contributed by atoms with E-state index in [2.05, 4.69) is 4.74 Å². The van der Waals surface area contributed by atoms with Crippen molar-refractivity contribution in [2.45, 2.75) is 12.6 Å². The van der Waals surface area contributed by atoms with Gasteiger partial charge in [0.25, 0.3) is 5.56 Å². The molecule has 2 rings (SSSR count). The summed E-state index contributed by atoms with van der Waals surface area (Å²) in [7, 11) is 1.19. The van der Waals surface area contributed by atoms with Crippen molar-refractivity contribution in [2.75, 3.05) is 7.11 Å². The van der Waals surface area contributed by atoms with Gasteiger partial charge >= 0.3 is 11.9 Å². The third-order valence-corrected chi connectivity index (χ3v) is 3.25. The van der Waals surface area contributed by atoms with Crippen LogP contribution in [0.5, 0.6) is 0 Å². The van der Waals surface area contributed by atoms with E-state index in [-0.39, 0.29) is 12.1 Å². The van der Waals surface area contributed by atoms with Gasteiger partial charge in [-0.1, -0.05) is 29.8 Å². The van der Waals surface area contributed by atoms with Crippen LogP contribution in [0.3, 0.4) is 0 Å². The minimum absolute atomic E-state index is 0.312. The molecule has 23 heavy (non-hydrogen) atoms. The predicted molar refractivity (Wildman–Crippen MR) is 83.0 cm³/mol. The molecule has 0 N–H and O–H groups in total. The molecule has 1 aromatic heterocycles. The Hall–Kier alpha value is -2.60. The fourth-order valence-electron chi connectivity index (χ4n) is 1.93. The molecule has 0 aliphatic carbocycles. The van der Waals surface area contributed by atoms with Gasteiger partial charge in [0.05, 0.1) is 7.11 Å². The van der Waals surface area contributed by atoms with E-state index in [9.17, 15) is 14.4 Å². The SMILES string of the molecule is COC(=O)[C@H](OC(=O)Cn1ccccc1=O)c1cccc(Cl)c1. The summed E-state index contributed by atoms with van der Waals surface area (Å²) in [4.78, 5) is 35.5. The van der Waals surface area contributed by atoms with Crippen molar-refractivity contribution in [3.05, 3.63) is 69.6 Å². The third kappa shape index (κ3) is 4.43. The Kier molecular flexibility index (Phi) is 5.54. The molecule has 0 aliphatic rings. The van der Waals surface area contributed by atoms with Gasteiger partial charge in [0, 0.05) is 22.8 Å². The summed E-state index contributed by atoms with van der Waals surface area (Å²) in [6, 6.07) is 10.9. The van der Waals surface area contributed by atoms with Gasteiger partial charge in [-0.3, -0.25) is 9.59 Å². The number of methoxy groups -OCH3 is 1. The number of nitrogens with zero attached hydrogens (tertiary/aromatic N) is 1. The zero-order valence-corrected chi connectivity index (χ0v) is 13.0. The van der Waals surface area contributed by atoms with Crippen molar-refractivity contribution in [1.82, 2.24) is 4.57 Å². The molecule has 1 atom stereocenters. The maximum Gasteiger partial charge on any atom is 0.351 e. The van der Waals surface area contributed by atoms with Crippen molar-refractivity contribution < 1.29 is 19.1 Å². The molecule has 0 spiro atoms. The van der Waals surface area contributed by atoms with E-state index < -0.39 is 18.0 Å². The average Bonchev–Trinajstić information content (AvgIpc) is 2.54. The Morgan fingerprint density at radius 2 is 2.00 bits per heavy atom. The second-order valence-electron chi connectivity index (χ2n) is 4.61. The normalized spacial score (nSPS) is 11.6. The summed E-state index contributed by atoms with van der Waals surface area (Å²) in [5.74, 6) is -1.48. The van der Waals surface area contributed by atoms with Crippen molar-refractivity contribution in [3.63, 3.8) is 0 Å². The molecule has 1 heterocycles. The van der Waals surface area contributed by atoms with Crippen LogP contribution in [0.15, 0.2) is 53.5 Å². The van der Waals surface area contributed by atoms with E-state index in [4.69, 9.17) is 16.3 Å². The van der Waals surface area contributed by atoms with Crippen molar-refractivity contribution in [2.24, 2.45) is 0 Å². The number of halogens is 1. The topological polar surface area (TPSA) is 74.6 Å². The number of aromatic nitrogens is 1. The molecular weight excluding hydrogens is 322 g/mol. The summed E-state index contributed by atoms with van der Waals surface area (Å²) in [6.07, 6.45) is 0.210. The fourth-order valence-corrected chi connectivity index (χ4v) is 2.13. The minimum atomic E-state index is -1.24. The Bertz CT molecular complexity index is 771. The van der Waals surface area contributed by atoms with Crippen LogP contribution in [-0.2, 0) is 25.6 Å². The van der Waals surface area contributed by atoms with Gasteiger partial charge in [-0.25, -0.2) is 4.79 Å². The Morgan fingerprint density at radius 1 is 1.22 bits per heavy atom. The molecule has 0 bridgehead atoms. The molecule has 0 saturated heterocycles. The van der Waals surface area contributed by atoms with Crippen LogP contribution >= 0.6 is 11.6 Å². The number of ether oxygens (including phenoxy) is 2. The van der Waals surface area contributed by atoms with Crippen LogP contribution in [0, 0.1) is 0 Å². The molecule has 0 unspecified atom stereocenters. The molecule has 0 radical (unpaired) electrons. The first kappa shape index (κ1) is 16.8. The molecule has 0 saturated carbocycles. The highest BCUT2D eigenvalue weighted by Gasteiger charge is 2.26. The highest BCUT2D eigenvalue weighted by molar-refractivity contribution is 6.30. The van der Waals surface area contributed by atoms with E-state index in [0.717, 1.165) is 0 Å². The van der Waals surface area contributed by atoms with Gasteiger partial charge in [-0.2, -0.15) is 0 Å².